The first-order valence-electron chi connectivity index (χ1n) is 9.51. The average Bonchev–Trinajstić information content (AvgIpc) is 3.27. The number of aliphatic carboxylic acids is 1. The Labute approximate surface area is 181 Å². The Kier molecular flexibility index (Phi) is 7.67. The van der Waals surface area contributed by atoms with Crippen LogP contribution in [0.1, 0.15) is 12.6 Å². The van der Waals surface area contributed by atoms with E-state index in [-0.39, 0.29) is 13.0 Å². The Hall–Kier alpha value is -2.45. The second-order valence-electron chi connectivity index (χ2n) is 7.02. The fourth-order valence-corrected chi connectivity index (χ4v) is 4.39. The first-order chi connectivity index (χ1) is 14.8. The molecule has 1 fully saturated rings. The maximum atomic E-state index is 11.5. The number of methoxy groups -OCH3 is 1. The predicted molar refractivity (Wildman–Crippen MR) is 111 cm³/mol. The van der Waals surface area contributed by atoms with Crippen molar-refractivity contribution in [3.8, 4) is 0 Å². The topological polar surface area (TPSA) is 182 Å². The first-order valence-corrected chi connectivity index (χ1v) is 10.7. The second kappa shape index (κ2) is 10.2. The zero-order valence-corrected chi connectivity index (χ0v) is 17.6. The van der Waals surface area contributed by atoms with Gasteiger partial charge in [-0.25, -0.2) is 14.8 Å². The highest BCUT2D eigenvalue weighted by Gasteiger charge is 2.43. The second-order valence-corrected chi connectivity index (χ2v) is 8.17. The highest BCUT2D eigenvalue weighted by molar-refractivity contribution is 7.99. The number of fused-ring (bicyclic) bond motifs is 1. The number of carbonyl (C=O) groups excluding carboxylic acids is 1. The van der Waals surface area contributed by atoms with E-state index >= 15 is 0 Å². The minimum atomic E-state index is -1.18. The number of nitrogens with one attached hydrogen (secondary N) is 1. The number of carboxylic acids is 1. The van der Waals surface area contributed by atoms with Crippen LogP contribution in [0.25, 0.3) is 11.0 Å². The fraction of sp³-hybridized carbons (Fsp3) is 0.556. The number of nitrogens with zero attached hydrogens (tertiary/aromatic N) is 3. The van der Waals surface area contributed by atoms with Crippen LogP contribution < -0.4 is 11.1 Å². The van der Waals surface area contributed by atoms with Crippen LogP contribution in [0.15, 0.2) is 18.6 Å². The van der Waals surface area contributed by atoms with E-state index in [1.807, 2.05) is 0 Å². The van der Waals surface area contributed by atoms with Crippen molar-refractivity contribution < 1.29 is 34.4 Å². The zero-order chi connectivity index (χ0) is 22.5. The van der Waals surface area contributed by atoms with Gasteiger partial charge in [-0.15, -0.1) is 0 Å². The molecular formula is C18H25N5O7S. The van der Waals surface area contributed by atoms with Gasteiger partial charge in [-0.1, -0.05) is 0 Å². The van der Waals surface area contributed by atoms with Crippen LogP contribution in [0.2, 0.25) is 0 Å². The lowest BCUT2D eigenvalue weighted by Gasteiger charge is -2.17. The third kappa shape index (κ3) is 5.25. The number of anilines is 1. The van der Waals surface area contributed by atoms with Gasteiger partial charge in [0.2, 0.25) is 5.91 Å². The van der Waals surface area contributed by atoms with Gasteiger partial charge in [-0.05, 0) is 18.2 Å². The summed E-state index contributed by atoms with van der Waals surface area (Å²) in [5.41, 5.74) is 6.32. The van der Waals surface area contributed by atoms with Crippen molar-refractivity contribution in [3.63, 3.8) is 0 Å². The molecule has 6 N–H and O–H groups in total. The van der Waals surface area contributed by atoms with Crippen LogP contribution in [0, 0.1) is 0 Å². The third-order valence-corrected chi connectivity index (χ3v) is 5.98. The molecule has 1 amide bonds. The number of hydrogen-bond acceptors (Lipinski definition) is 10. The molecule has 13 heteroatoms. The van der Waals surface area contributed by atoms with E-state index in [2.05, 4.69) is 20.0 Å². The number of carbonyl (C=O) groups is 2. The van der Waals surface area contributed by atoms with Crippen molar-refractivity contribution in [3.05, 3.63) is 18.6 Å². The lowest BCUT2D eigenvalue weighted by Crippen LogP contribution is -2.42. The Morgan fingerprint density at radius 2 is 2.16 bits per heavy atom. The van der Waals surface area contributed by atoms with Gasteiger partial charge in [0, 0.05) is 19.1 Å². The van der Waals surface area contributed by atoms with Crippen LogP contribution >= 0.6 is 11.8 Å². The molecule has 170 valence electrons. The number of amides is 1. The van der Waals surface area contributed by atoms with Crippen molar-refractivity contribution in [1.29, 1.82) is 0 Å². The summed E-state index contributed by atoms with van der Waals surface area (Å²) >= 11 is 1.35. The van der Waals surface area contributed by atoms with Crippen molar-refractivity contribution >= 4 is 40.5 Å². The Morgan fingerprint density at radius 3 is 2.87 bits per heavy atom. The first kappa shape index (κ1) is 23.2. The molecule has 5 atom stereocenters. The number of nitrogens with two attached hydrogens (primary N) is 1. The summed E-state index contributed by atoms with van der Waals surface area (Å²) in [6.45, 7) is -0.219. The molecule has 3 heterocycles. The van der Waals surface area contributed by atoms with E-state index in [0.717, 1.165) is 0 Å². The summed E-state index contributed by atoms with van der Waals surface area (Å²) in [6.07, 6.45) is -0.693. The number of aliphatic hydroxyl groups excluding tert-OH is 2. The van der Waals surface area contributed by atoms with Gasteiger partial charge in [0.1, 0.15) is 42.6 Å². The maximum absolute atomic E-state index is 11.5. The average molecular weight is 455 g/mol. The van der Waals surface area contributed by atoms with E-state index in [1.54, 1.807) is 16.8 Å². The molecule has 3 rings (SSSR count). The van der Waals surface area contributed by atoms with Gasteiger partial charge in [-0.2, -0.15) is 11.8 Å². The minimum absolute atomic E-state index is 0.183. The normalized spacial score (nSPS) is 24.4. The summed E-state index contributed by atoms with van der Waals surface area (Å²) in [5.74, 6) is -0.631. The van der Waals surface area contributed by atoms with Gasteiger partial charge < -0.3 is 40.4 Å². The molecule has 1 saturated heterocycles. The summed E-state index contributed by atoms with van der Waals surface area (Å²) in [6, 6.07) is 0.665. The SMILES string of the molecule is COCC(=O)NC(CCSCC1OC(n2ccc3c(N)ncnc32)C(O)C1O)C(=O)O. The van der Waals surface area contributed by atoms with E-state index in [1.165, 1.54) is 25.2 Å². The molecule has 0 aliphatic carbocycles. The Bertz CT molecular complexity index is 926. The Balaban J connectivity index is 1.55. The third-order valence-electron chi connectivity index (χ3n) is 4.89. The van der Waals surface area contributed by atoms with Gasteiger partial charge in [0.05, 0.1) is 11.5 Å². The van der Waals surface area contributed by atoms with Crippen LogP contribution in [0.4, 0.5) is 5.82 Å². The van der Waals surface area contributed by atoms with Gasteiger partial charge in [0.25, 0.3) is 0 Å². The molecule has 1 aliphatic rings. The fourth-order valence-electron chi connectivity index (χ4n) is 3.32. The van der Waals surface area contributed by atoms with Gasteiger partial charge >= 0.3 is 5.97 Å². The van der Waals surface area contributed by atoms with Crippen molar-refractivity contribution in [2.75, 3.05) is 31.0 Å². The molecule has 2 aromatic heterocycles. The largest absolute Gasteiger partial charge is 0.480 e. The smallest absolute Gasteiger partial charge is 0.326 e. The molecule has 0 aromatic carbocycles. The van der Waals surface area contributed by atoms with E-state index in [0.29, 0.717) is 28.4 Å². The number of thioether (sulfide) groups is 1. The predicted octanol–water partition coefficient (Wildman–Crippen LogP) is -1.03. The molecule has 0 saturated carbocycles. The van der Waals surface area contributed by atoms with Crippen molar-refractivity contribution in [2.45, 2.75) is 37.0 Å². The van der Waals surface area contributed by atoms with Crippen molar-refractivity contribution in [2.24, 2.45) is 0 Å². The van der Waals surface area contributed by atoms with E-state index in [9.17, 15) is 24.9 Å². The lowest BCUT2D eigenvalue weighted by atomic mass is 10.1. The standard InChI is InChI=1S/C18H25N5O7S/c1-29-6-12(24)22-10(18(27)28)3-5-31-7-11-13(25)14(26)17(30-11)23-4-2-9-15(19)20-8-21-16(9)23/h2,4,8,10-11,13-14,17,25-26H,3,5-7H2,1H3,(H,22,24)(H,27,28)(H2,19,20,21). The maximum Gasteiger partial charge on any atom is 0.326 e. The molecule has 0 radical (unpaired) electrons. The molecule has 12 nitrogen and oxygen atoms in total. The summed E-state index contributed by atoms with van der Waals surface area (Å²) in [5, 5.41) is 33.1. The summed E-state index contributed by atoms with van der Waals surface area (Å²) < 4.78 is 12.1. The molecule has 0 spiro atoms. The summed E-state index contributed by atoms with van der Waals surface area (Å²) in [7, 11) is 1.35. The van der Waals surface area contributed by atoms with Gasteiger partial charge in [-0.3, -0.25) is 4.79 Å². The Morgan fingerprint density at radius 1 is 1.39 bits per heavy atom. The zero-order valence-electron chi connectivity index (χ0n) is 16.7. The highest BCUT2D eigenvalue weighted by atomic mass is 32.2. The number of carboxylic acid groups (broad SMARTS) is 1. The number of nitrogen functional groups attached to an aromatic ring is 1. The van der Waals surface area contributed by atoms with Crippen LogP contribution in [0.5, 0.6) is 0 Å². The number of hydrogen-bond donors (Lipinski definition) is 5. The van der Waals surface area contributed by atoms with Gasteiger partial charge in [0.15, 0.2) is 6.23 Å². The molecule has 2 aromatic rings. The molecule has 5 unspecified atom stereocenters. The number of aliphatic hydroxyl groups is 2. The lowest BCUT2D eigenvalue weighted by molar-refractivity contribution is -0.142. The number of aromatic nitrogens is 3. The molecule has 31 heavy (non-hydrogen) atoms. The number of rotatable bonds is 10. The minimum Gasteiger partial charge on any atom is -0.480 e. The molecule has 0 bridgehead atoms. The van der Waals surface area contributed by atoms with E-state index in [4.69, 9.17) is 10.5 Å². The van der Waals surface area contributed by atoms with Crippen LogP contribution in [-0.2, 0) is 19.1 Å². The van der Waals surface area contributed by atoms with Crippen molar-refractivity contribution in [1.82, 2.24) is 19.9 Å². The highest BCUT2D eigenvalue weighted by Crippen LogP contribution is 2.34. The summed E-state index contributed by atoms with van der Waals surface area (Å²) in [4.78, 5) is 30.9. The van der Waals surface area contributed by atoms with E-state index < -0.39 is 42.5 Å². The van der Waals surface area contributed by atoms with Crippen LogP contribution in [0.3, 0.4) is 0 Å². The molecular weight excluding hydrogens is 430 g/mol. The monoisotopic (exact) mass is 455 g/mol. The number of ether oxygens (including phenoxy) is 2. The molecule has 1 aliphatic heterocycles. The van der Waals surface area contributed by atoms with Crippen LogP contribution in [-0.4, -0.2) is 91.3 Å². The quantitative estimate of drug-likeness (QED) is 0.276.